The van der Waals surface area contributed by atoms with Gasteiger partial charge in [0.1, 0.15) is 5.82 Å². The number of ketones is 1. The van der Waals surface area contributed by atoms with Gasteiger partial charge in [-0.1, -0.05) is 46.3 Å². The molecule has 2 aromatic carbocycles. The minimum absolute atomic E-state index is 0.142. The van der Waals surface area contributed by atoms with E-state index < -0.39 is 0 Å². The highest BCUT2D eigenvalue weighted by atomic mass is 79.9. The molecular formula is C18H11BrN2O. The van der Waals surface area contributed by atoms with Gasteiger partial charge in [0.05, 0.1) is 23.2 Å². The number of carbonyl (C=O) groups excluding carboxylic acids is 1. The number of para-hydroxylation sites is 2. The van der Waals surface area contributed by atoms with Crippen LogP contribution >= 0.6 is 15.9 Å². The molecule has 3 nitrogen and oxygen atoms in total. The molecule has 0 fully saturated rings. The van der Waals surface area contributed by atoms with E-state index in [1.54, 1.807) is 0 Å². The molecule has 2 heterocycles. The lowest BCUT2D eigenvalue weighted by Gasteiger charge is -2.21. The first-order valence-corrected chi connectivity index (χ1v) is 8.03. The second kappa shape index (κ2) is 4.17. The minimum Gasteiger partial charge on any atom is -0.319 e. The van der Waals surface area contributed by atoms with Gasteiger partial charge >= 0.3 is 0 Å². The van der Waals surface area contributed by atoms with Crippen LogP contribution in [0.2, 0.25) is 0 Å². The molecule has 0 bridgehead atoms. The number of nitrogens with zero attached hydrogens (tertiary/aromatic N) is 2. The number of rotatable bonds is 0. The number of Topliss-reactive ketones (excluding diaryl/α,β-unsaturated/α-hetero) is 1. The molecule has 5 rings (SSSR count). The summed E-state index contributed by atoms with van der Waals surface area (Å²) in [7, 11) is 0. The van der Waals surface area contributed by atoms with Crippen LogP contribution in [0.15, 0.2) is 42.5 Å². The third kappa shape index (κ3) is 1.45. The Morgan fingerprint density at radius 3 is 2.86 bits per heavy atom. The van der Waals surface area contributed by atoms with Crippen molar-refractivity contribution in [1.82, 2.24) is 9.55 Å². The number of carbonyl (C=O) groups is 1. The van der Waals surface area contributed by atoms with Gasteiger partial charge in [0.2, 0.25) is 0 Å². The lowest BCUT2D eigenvalue weighted by molar-refractivity contribution is -0.112. The topological polar surface area (TPSA) is 34.9 Å². The summed E-state index contributed by atoms with van der Waals surface area (Å²) in [4.78, 5) is 17.4. The molecule has 4 heteroatoms. The summed E-state index contributed by atoms with van der Waals surface area (Å²) in [5.74, 6) is 0.953. The maximum absolute atomic E-state index is 12.7. The average molecular weight is 351 g/mol. The van der Waals surface area contributed by atoms with Gasteiger partial charge in [0.15, 0.2) is 5.78 Å². The fraction of sp³-hybridized carbons (Fsp3) is 0.111. The van der Waals surface area contributed by atoms with Crippen LogP contribution in [0.5, 0.6) is 0 Å². The van der Waals surface area contributed by atoms with E-state index >= 15 is 0 Å². The molecule has 22 heavy (non-hydrogen) atoms. The highest BCUT2D eigenvalue weighted by Gasteiger charge is 2.29. The summed E-state index contributed by atoms with van der Waals surface area (Å²) in [5.41, 5.74) is 3.99. The average Bonchev–Trinajstić information content (AvgIpc) is 2.89. The molecule has 1 aliphatic carbocycles. The third-order valence-electron chi connectivity index (χ3n) is 4.49. The van der Waals surface area contributed by atoms with Crippen LogP contribution in [0.25, 0.3) is 21.1 Å². The second-order valence-corrected chi connectivity index (χ2v) is 6.69. The fourth-order valence-electron chi connectivity index (χ4n) is 3.55. The molecule has 106 valence electrons. The van der Waals surface area contributed by atoms with E-state index in [9.17, 15) is 4.79 Å². The number of fused-ring (bicyclic) bond motifs is 4. The summed E-state index contributed by atoms with van der Waals surface area (Å²) >= 11 is 3.57. The van der Waals surface area contributed by atoms with Crippen LogP contribution in [-0.2, 0) is 11.3 Å². The molecular weight excluding hydrogens is 340 g/mol. The van der Waals surface area contributed by atoms with Gasteiger partial charge in [-0.05, 0) is 22.9 Å². The zero-order chi connectivity index (χ0) is 14.8. The van der Waals surface area contributed by atoms with Gasteiger partial charge < -0.3 is 4.57 Å². The molecule has 1 aliphatic heterocycles. The van der Waals surface area contributed by atoms with Crippen LogP contribution in [0.4, 0.5) is 0 Å². The fourth-order valence-corrected chi connectivity index (χ4v) is 4.14. The second-order valence-electron chi connectivity index (χ2n) is 5.73. The first kappa shape index (κ1) is 12.4. The number of hydrogen-bond acceptors (Lipinski definition) is 2. The van der Waals surface area contributed by atoms with Crippen LogP contribution < -0.4 is 10.4 Å². The summed E-state index contributed by atoms with van der Waals surface area (Å²) in [6, 6.07) is 14.3. The van der Waals surface area contributed by atoms with Gasteiger partial charge in [0.25, 0.3) is 0 Å². The highest BCUT2D eigenvalue weighted by Crippen LogP contribution is 2.28. The van der Waals surface area contributed by atoms with Crippen molar-refractivity contribution < 1.29 is 4.79 Å². The number of benzene rings is 2. The Morgan fingerprint density at radius 2 is 1.95 bits per heavy atom. The molecule has 0 radical (unpaired) electrons. The van der Waals surface area contributed by atoms with E-state index in [2.05, 4.69) is 44.8 Å². The van der Waals surface area contributed by atoms with Gasteiger partial charge in [0, 0.05) is 16.1 Å². The molecule has 1 aromatic heterocycles. The van der Waals surface area contributed by atoms with Gasteiger partial charge in [-0.2, -0.15) is 0 Å². The SMILES string of the molecule is O=C1CC(Br)=c2cccc3c2=C1c1nc2ccccc2n1C3. The van der Waals surface area contributed by atoms with Crippen molar-refractivity contribution in [2.45, 2.75) is 13.0 Å². The zero-order valence-corrected chi connectivity index (χ0v) is 13.2. The largest absolute Gasteiger partial charge is 0.319 e. The Kier molecular flexibility index (Phi) is 2.34. The van der Waals surface area contributed by atoms with Gasteiger partial charge in [-0.25, -0.2) is 4.98 Å². The Bertz CT molecular complexity index is 1110. The van der Waals surface area contributed by atoms with E-state index in [-0.39, 0.29) is 5.78 Å². The lowest BCUT2D eigenvalue weighted by Crippen LogP contribution is -2.41. The van der Waals surface area contributed by atoms with Crippen molar-refractivity contribution in [3.8, 4) is 0 Å². The summed E-state index contributed by atoms with van der Waals surface area (Å²) in [6.45, 7) is 0.760. The van der Waals surface area contributed by atoms with Crippen molar-refractivity contribution in [1.29, 1.82) is 0 Å². The molecule has 0 amide bonds. The predicted octanol–water partition coefficient (Wildman–Crippen LogP) is 2.07. The van der Waals surface area contributed by atoms with E-state index in [0.29, 0.717) is 6.42 Å². The lowest BCUT2D eigenvalue weighted by atomic mass is 9.92. The van der Waals surface area contributed by atoms with Gasteiger partial charge in [-0.15, -0.1) is 0 Å². The van der Waals surface area contributed by atoms with E-state index in [0.717, 1.165) is 43.9 Å². The van der Waals surface area contributed by atoms with Crippen LogP contribution in [-0.4, -0.2) is 15.3 Å². The summed E-state index contributed by atoms with van der Waals surface area (Å²) < 4.78 is 3.14. The zero-order valence-electron chi connectivity index (χ0n) is 11.6. The first-order chi connectivity index (χ1) is 10.7. The Morgan fingerprint density at radius 1 is 1.09 bits per heavy atom. The number of hydrogen-bond donors (Lipinski definition) is 0. The monoisotopic (exact) mass is 350 g/mol. The summed E-state index contributed by atoms with van der Waals surface area (Å²) in [5, 5.41) is 2.19. The molecule has 2 aliphatic rings. The van der Waals surface area contributed by atoms with E-state index in [4.69, 9.17) is 4.98 Å². The Labute approximate surface area is 134 Å². The molecule has 3 aromatic rings. The van der Waals surface area contributed by atoms with Crippen molar-refractivity contribution >= 4 is 42.8 Å². The quantitative estimate of drug-likeness (QED) is 0.622. The van der Waals surface area contributed by atoms with Gasteiger partial charge in [-0.3, -0.25) is 4.79 Å². The highest BCUT2D eigenvalue weighted by molar-refractivity contribution is 9.14. The number of imidazole rings is 1. The van der Waals surface area contributed by atoms with Crippen LogP contribution in [0.1, 0.15) is 17.8 Å². The molecule has 0 atom stereocenters. The first-order valence-electron chi connectivity index (χ1n) is 7.24. The van der Waals surface area contributed by atoms with Crippen molar-refractivity contribution in [3.63, 3.8) is 0 Å². The van der Waals surface area contributed by atoms with E-state index in [1.165, 1.54) is 5.56 Å². The molecule has 0 unspecified atom stereocenters. The van der Waals surface area contributed by atoms with Crippen molar-refractivity contribution in [3.05, 3.63) is 64.3 Å². The maximum atomic E-state index is 12.7. The van der Waals surface area contributed by atoms with Crippen LogP contribution in [0.3, 0.4) is 0 Å². The molecule has 0 N–H and O–H groups in total. The minimum atomic E-state index is 0.142. The number of halogens is 1. The molecule has 0 spiro atoms. The predicted molar refractivity (Wildman–Crippen MR) is 89.0 cm³/mol. The smallest absolute Gasteiger partial charge is 0.172 e. The van der Waals surface area contributed by atoms with Crippen molar-refractivity contribution in [2.75, 3.05) is 0 Å². The third-order valence-corrected chi connectivity index (χ3v) is 5.20. The molecule has 0 saturated heterocycles. The Hall–Kier alpha value is -2.20. The summed E-state index contributed by atoms with van der Waals surface area (Å²) in [6.07, 6.45) is 0.412. The normalized spacial score (nSPS) is 16.0. The maximum Gasteiger partial charge on any atom is 0.172 e. The number of aromatic nitrogens is 2. The van der Waals surface area contributed by atoms with Crippen LogP contribution in [0, 0.1) is 0 Å². The standard InChI is InChI=1S/C18H11BrN2O/c19-12-8-15(22)17-16-10(4-3-5-11(12)16)9-21-14-7-2-1-6-13(14)20-18(17)21/h1-7H,8-9H2. The van der Waals surface area contributed by atoms with E-state index in [1.807, 2.05) is 18.2 Å². The Balaban J connectivity index is 2.04. The molecule has 0 saturated carbocycles. The van der Waals surface area contributed by atoms with Crippen molar-refractivity contribution in [2.24, 2.45) is 0 Å².